The minimum Gasteiger partial charge on any atom is -0.456 e. The number of rotatable bonds is 4. The molecule has 0 aliphatic carbocycles. The number of hydrogen-bond donors (Lipinski definition) is 0. The SMILES string of the molecule is c1ccc2cc(-c3nc(-c4ccc(-c5cc6ccccc6c6ccccc56)cc4)nc(-c4cccc5oc6ccccc6c45)n3)ccc2c1. The summed E-state index contributed by atoms with van der Waals surface area (Å²) in [5.41, 5.74) is 6.76. The van der Waals surface area contributed by atoms with E-state index in [9.17, 15) is 0 Å². The quantitative estimate of drug-likeness (QED) is 0.183. The smallest absolute Gasteiger partial charge is 0.164 e. The Morgan fingerprint density at radius 3 is 1.76 bits per heavy atom. The molecule has 0 saturated carbocycles. The van der Waals surface area contributed by atoms with Crippen LogP contribution in [0.5, 0.6) is 0 Å². The maximum atomic E-state index is 6.23. The van der Waals surface area contributed by atoms with Crippen molar-refractivity contribution < 1.29 is 4.42 Å². The highest BCUT2D eigenvalue weighted by Gasteiger charge is 2.18. The van der Waals surface area contributed by atoms with Crippen molar-refractivity contribution in [2.45, 2.75) is 0 Å². The van der Waals surface area contributed by atoms with E-state index in [1.54, 1.807) is 0 Å². The number of nitrogens with zero attached hydrogens (tertiary/aromatic N) is 3. The van der Waals surface area contributed by atoms with Crippen LogP contribution in [0.2, 0.25) is 0 Å². The van der Waals surface area contributed by atoms with Gasteiger partial charge in [-0.25, -0.2) is 15.0 Å². The van der Waals surface area contributed by atoms with Gasteiger partial charge in [0, 0.05) is 27.5 Å². The van der Waals surface area contributed by atoms with Gasteiger partial charge in [0.25, 0.3) is 0 Å². The summed E-state index contributed by atoms with van der Waals surface area (Å²) >= 11 is 0. The van der Waals surface area contributed by atoms with Crippen LogP contribution in [-0.4, -0.2) is 15.0 Å². The van der Waals surface area contributed by atoms with Crippen LogP contribution in [0.15, 0.2) is 168 Å². The molecule has 0 amide bonds. The summed E-state index contributed by atoms with van der Waals surface area (Å²) in [6, 6.07) is 57.0. The molecule has 0 aliphatic rings. The number of fused-ring (bicyclic) bond motifs is 7. The molecule has 10 rings (SSSR count). The number of aromatic nitrogens is 3. The van der Waals surface area contributed by atoms with Gasteiger partial charge >= 0.3 is 0 Å². The van der Waals surface area contributed by atoms with Crippen molar-refractivity contribution in [1.29, 1.82) is 0 Å². The fourth-order valence-electron chi connectivity index (χ4n) is 7.14. The predicted molar refractivity (Wildman–Crippen MR) is 201 cm³/mol. The molecule has 0 aliphatic heterocycles. The zero-order valence-electron chi connectivity index (χ0n) is 26.3. The second-order valence-corrected chi connectivity index (χ2v) is 12.4. The number of furan rings is 1. The van der Waals surface area contributed by atoms with Crippen molar-refractivity contribution in [1.82, 2.24) is 15.0 Å². The van der Waals surface area contributed by atoms with Gasteiger partial charge in [-0.1, -0.05) is 140 Å². The standard InChI is InChI=1S/C45H27N3O/c1-2-11-31-26-33(25-20-28(31)10-1)44-46-43(47-45(48-44)38-17-9-19-41-42(38)37-16-7-8-18-40(37)49-41)30-23-21-29(22-24-30)39-27-32-12-3-4-13-34(32)35-14-5-6-15-36(35)39/h1-27H. The van der Waals surface area contributed by atoms with Crippen molar-refractivity contribution in [3.63, 3.8) is 0 Å². The zero-order chi connectivity index (χ0) is 32.3. The van der Waals surface area contributed by atoms with Crippen LogP contribution in [0.3, 0.4) is 0 Å². The Balaban J connectivity index is 1.16. The molecule has 0 saturated heterocycles. The van der Waals surface area contributed by atoms with E-state index in [4.69, 9.17) is 19.4 Å². The Kier molecular flexibility index (Phi) is 6.15. The zero-order valence-corrected chi connectivity index (χ0v) is 26.3. The van der Waals surface area contributed by atoms with E-state index in [2.05, 4.69) is 133 Å². The Labute approximate surface area is 282 Å². The summed E-state index contributed by atoms with van der Waals surface area (Å²) in [7, 11) is 0. The van der Waals surface area contributed by atoms with Gasteiger partial charge < -0.3 is 4.42 Å². The van der Waals surface area contributed by atoms with Crippen LogP contribution in [0, 0.1) is 0 Å². The van der Waals surface area contributed by atoms with E-state index in [0.29, 0.717) is 17.5 Å². The van der Waals surface area contributed by atoms with Crippen LogP contribution in [-0.2, 0) is 0 Å². The third kappa shape index (κ3) is 4.57. The lowest BCUT2D eigenvalue weighted by Crippen LogP contribution is -2.00. The average Bonchev–Trinajstić information content (AvgIpc) is 3.56. The molecular formula is C45H27N3O. The van der Waals surface area contributed by atoms with Gasteiger partial charge in [0.05, 0.1) is 0 Å². The van der Waals surface area contributed by atoms with E-state index in [0.717, 1.165) is 49.6 Å². The van der Waals surface area contributed by atoms with Gasteiger partial charge in [-0.15, -0.1) is 0 Å². The maximum absolute atomic E-state index is 6.23. The molecule has 228 valence electrons. The predicted octanol–water partition coefficient (Wildman–Crippen LogP) is 11.9. The Hall–Kier alpha value is -6.65. The monoisotopic (exact) mass is 625 g/mol. The van der Waals surface area contributed by atoms with E-state index in [1.165, 1.54) is 32.5 Å². The molecule has 0 fully saturated rings. The van der Waals surface area contributed by atoms with Crippen molar-refractivity contribution in [3.8, 4) is 45.3 Å². The van der Waals surface area contributed by atoms with Crippen molar-refractivity contribution in [2.24, 2.45) is 0 Å². The molecule has 49 heavy (non-hydrogen) atoms. The minimum atomic E-state index is 0.606. The van der Waals surface area contributed by atoms with Crippen molar-refractivity contribution in [3.05, 3.63) is 164 Å². The van der Waals surface area contributed by atoms with Gasteiger partial charge in [-0.3, -0.25) is 0 Å². The van der Waals surface area contributed by atoms with Crippen LogP contribution in [0.4, 0.5) is 0 Å². The molecule has 10 aromatic rings. The normalized spacial score (nSPS) is 11.7. The summed E-state index contributed by atoms with van der Waals surface area (Å²) < 4.78 is 6.23. The minimum absolute atomic E-state index is 0.606. The molecule has 0 atom stereocenters. The molecular weight excluding hydrogens is 599 g/mol. The molecule has 0 radical (unpaired) electrons. The van der Waals surface area contributed by atoms with Crippen LogP contribution >= 0.6 is 0 Å². The summed E-state index contributed by atoms with van der Waals surface area (Å²) in [5.74, 6) is 1.85. The molecule has 0 bridgehead atoms. The third-order valence-electron chi connectivity index (χ3n) is 9.51. The van der Waals surface area contributed by atoms with Crippen molar-refractivity contribution in [2.75, 3.05) is 0 Å². The Bertz CT molecular complexity index is 2890. The lowest BCUT2D eigenvalue weighted by Gasteiger charge is -2.12. The first-order valence-corrected chi connectivity index (χ1v) is 16.4. The molecule has 8 aromatic carbocycles. The lowest BCUT2D eigenvalue weighted by atomic mass is 9.93. The lowest BCUT2D eigenvalue weighted by molar-refractivity contribution is 0.669. The fourth-order valence-corrected chi connectivity index (χ4v) is 7.14. The molecule has 4 nitrogen and oxygen atoms in total. The fraction of sp³-hybridized carbons (Fsp3) is 0. The van der Waals surface area contributed by atoms with Gasteiger partial charge in [-0.2, -0.15) is 0 Å². The molecule has 2 heterocycles. The highest BCUT2D eigenvalue weighted by Crippen LogP contribution is 2.38. The van der Waals surface area contributed by atoms with Crippen molar-refractivity contribution >= 4 is 54.3 Å². The highest BCUT2D eigenvalue weighted by molar-refractivity contribution is 6.14. The van der Waals surface area contributed by atoms with Gasteiger partial charge in [0.2, 0.25) is 0 Å². The Morgan fingerprint density at radius 2 is 0.918 bits per heavy atom. The Morgan fingerprint density at radius 1 is 0.327 bits per heavy atom. The van der Waals surface area contributed by atoms with E-state index >= 15 is 0 Å². The molecule has 0 N–H and O–H groups in total. The van der Waals surface area contributed by atoms with Gasteiger partial charge in [0.15, 0.2) is 17.5 Å². The first kappa shape index (κ1) is 27.5. The van der Waals surface area contributed by atoms with Gasteiger partial charge in [0.1, 0.15) is 11.2 Å². The maximum Gasteiger partial charge on any atom is 0.164 e. The number of para-hydroxylation sites is 1. The van der Waals surface area contributed by atoms with E-state index in [1.807, 2.05) is 30.3 Å². The topological polar surface area (TPSA) is 51.8 Å². The van der Waals surface area contributed by atoms with Crippen LogP contribution in [0.25, 0.3) is 99.5 Å². The van der Waals surface area contributed by atoms with Crippen LogP contribution < -0.4 is 0 Å². The molecule has 2 aromatic heterocycles. The van der Waals surface area contributed by atoms with Crippen LogP contribution in [0.1, 0.15) is 0 Å². The summed E-state index contributed by atoms with van der Waals surface area (Å²) in [6.45, 7) is 0. The first-order chi connectivity index (χ1) is 24.3. The molecule has 0 unspecified atom stereocenters. The third-order valence-corrected chi connectivity index (χ3v) is 9.51. The first-order valence-electron chi connectivity index (χ1n) is 16.4. The number of benzene rings is 8. The number of hydrogen-bond acceptors (Lipinski definition) is 4. The second-order valence-electron chi connectivity index (χ2n) is 12.4. The average molecular weight is 626 g/mol. The molecule has 4 heteroatoms. The highest BCUT2D eigenvalue weighted by atomic mass is 16.3. The van der Waals surface area contributed by atoms with Gasteiger partial charge in [-0.05, 0) is 67.7 Å². The second kappa shape index (κ2) is 11.0. The largest absolute Gasteiger partial charge is 0.456 e. The summed E-state index contributed by atoms with van der Waals surface area (Å²) in [5, 5.41) is 9.32. The van der Waals surface area contributed by atoms with E-state index in [-0.39, 0.29) is 0 Å². The van der Waals surface area contributed by atoms with E-state index < -0.39 is 0 Å². The summed E-state index contributed by atoms with van der Waals surface area (Å²) in [4.78, 5) is 15.3. The summed E-state index contributed by atoms with van der Waals surface area (Å²) in [6.07, 6.45) is 0. The molecule has 0 spiro atoms.